The van der Waals surface area contributed by atoms with E-state index in [1.807, 2.05) is 0 Å². The molecule has 1 amide bonds. The van der Waals surface area contributed by atoms with E-state index in [-0.39, 0.29) is 11.9 Å². The fourth-order valence-corrected chi connectivity index (χ4v) is 2.92. The molecule has 126 valence electrons. The topological polar surface area (TPSA) is 86.6 Å². The second-order valence-corrected chi connectivity index (χ2v) is 7.31. The van der Waals surface area contributed by atoms with E-state index in [0.717, 1.165) is 19.3 Å². The summed E-state index contributed by atoms with van der Waals surface area (Å²) >= 11 is 0. The van der Waals surface area contributed by atoms with Crippen molar-refractivity contribution in [3.05, 3.63) is 34.2 Å². The van der Waals surface area contributed by atoms with Crippen molar-refractivity contribution in [3.8, 4) is 0 Å². The molecule has 0 saturated heterocycles. The number of hydrogen-bond donors (Lipinski definition) is 3. The first-order valence-corrected chi connectivity index (χ1v) is 9.00. The smallest absolute Gasteiger partial charge is 0.353 e. The van der Waals surface area contributed by atoms with Gasteiger partial charge >= 0.3 is 7.60 Å². The minimum absolute atomic E-state index is 0.00944. The number of amides is 1. The van der Waals surface area contributed by atoms with Crippen LogP contribution in [0.3, 0.4) is 0 Å². The molecule has 0 aromatic heterocycles. The summed E-state index contributed by atoms with van der Waals surface area (Å²) in [5.41, 5.74) is 3.21. The lowest BCUT2D eigenvalue weighted by molar-refractivity contribution is -0.109. The van der Waals surface area contributed by atoms with Gasteiger partial charge in [-0.25, -0.2) is 0 Å². The minimum Gasteiger partial charge on any atom is -0.354 e. The Morgan fingerprint density at radius 1 is 1.05 bits per heavy atom. The van der Waals surface area contributed by atoms with Gasteiger partial charge in [0.05, 0.1) is 11.9 Å². The number of carbonyl (C=O) groups excluding carboxylic acids is 1. The molecule has 0 aliphatic rings. The van der Waals surface area contributed by atoms with Crippen LogP contribution in [0.4, 0.5) is 0 Å². The summed E-state index contributed by atoms with van der Waals surface area (Å²) in [6.45, 7) is 7.81. The molecule has 22 heavy (non-hydrogen) atoms. The molecule has 0 aromatic rings. The van der Waals surface area contributed by atoms with Crippen LogP contribution in [0.25, 0.3) is 0 Å². The Hall–Kier alpha value is -1.16. The summed E-state index contributed by atoms with van der Waals surface area (Å²) < 4.78 is 11.4. The van der Waals surface area contributed by atoms with Gasteiger partial charge in [-0.05, 0) is 53.4 Å². The largest absolute Gasteiger partial charge is 0.354 e. The van der Waals surface area contributed by atoms with E-state index in [1.165, 1.54) is 11.1 Å². The maximum atomic E-state index is 11.4. The fraction of sp³-hybridized carbons (Fsp3) is 0.562. The zero-order valence-electron chi connectivity index (χ0n) is 13.9. The molecule has 0 heterocycles. The van der Waals surface area contributed by atoms with Crippen LogP contribution in [0, 0.1) is 0 Å². The van der Waals surface area contributed by atoms with Gasteiger partial charge in [-0.1, -0.05) is 28.9 Å². The molecule has 0 rings (SSSR count). The van der Waals surface area contributed by atoms with E-state index in [1.54, 1.807) is 6.92 Å². The van der Waals surface area contributed by atoms with Gasteiger partial charge in [0, 0.05) is 0 Å². The molecule has 0 unspecified atom stereocenters. The third-order valence-corrected chi connectivity index (χ3v) is 4.54. The van der Waals surface area contributed by atoms with Gasteiger partial charge in [0.2, 0.25) is 6.41 Å². The Labute approximate surface area is 133 Å². The zero-order chi connectivity index (χ0) is 17.2. The first-order chi connectivity index (χ1) is 10.2. The number of allylic oxidation sites excluding steroid dienone is 5. The lowest BCUT2D eigenvalue weighted by Gasteiger charge is -2.13. The molecule has 0 aliphatic carbocycles. The minimum atomic E-state index is -4.32. The third kappa shape index (κ3) is 9.72. The van der Waals surface area contributed by atoms with Crippen LogP contribution in [0.2, 0.25) is 0 Å². The Morgan fingerprint density at radius 3 is 2.14 bits per heavy atom. The highest BCUT2D eigenvalue weighted by atomic mass is 31.2. The molecule has 3 N–H and O–H groups in total. The number of nitrogens with one attached hydrogen (secondary N) is 1. The van der Waals surface area contributed by atoms with Crippen LogP contribution in [-0.4, -0.2) is 22.7 Å². The average Bonchev–Trinajstić information content (AvgIpc) is 2.37. The summed E-state index contributed by atoms with van der Waals surface area (Å²) in [5, 5.41) is 2.33. The molecule has 0 saturated carbocycles. The maximum Gasteiger partial charge on any atom is 0.353 e. The lowest BCUT2D eigenvalue weighted by atomic mass is 10.1. The summed E-state index contributed by atoms with van der Waals surface area (Å²) in [6, 6.07) is 0. The van der Waals surface area contributed by atoms with Crippen molar-refractivity contribution in [1.29, 1.82) is 0 Å². The molecule has 5 nitrogen and oxygen atoms in total. The maximum absolute atomic E-state index is 11.4. The molecule has 6 heteroatoms. The Balaban J connectivity index is 4.63. The first-order valence-electron chi connectivity index (χ1n) is 7.39. The standard InChI is InChI=1S/C16H28NO4P/c1-13(2)7-5-8-14(3)9-6-10-15(4)16(11-17-12-18)22(19,20)21/h7,9,12H,5-6,8,10-11H2,1-4H3,(H,17,18)(H2,19,20,21)/b14-9+,16-15+. The zero-order valence-corrected chi connectivity index (χ0v) is 14.8. The number of rotatable bonds is 10. The summed E-state index contributed by atoms with van der Waals surface area (Å²) in [7, 11) is -4.32. The van der Waals surface area contributed by atoms with Gasteiger partial charge in [0.1, 0.15) is 0 Å². The highest BCUT2D eigenvalue weighted by molar-refractivity contribution is 7.56. The van der Waals surface area contributed by atoms with E-state index in [0.29, 0.717) is 18.4 Å². The van der Waals surface area contributed by atoms with Crippen LogP contribution in [0.5, 0.6) is 0 Å². The van der Waals surface area contributed by atoms with Crippen LogP contribution < -0.4 is 5.32 Å². The van der Waals surface area contributed by atoms with Crippen molar-refractivity contribution < 1.29 is 19.1 Å². The van der Waals surface area contributed by atoms with E-state index in [2.05, 4.69) is 38.2 Å². The van der Waals surface area contributed by atoms with Gasteiger partial charge in [-0.3, -0.25) is 9.36 Å². The molecule has 0 aliphatic heterocycles. The number of hydrogen-bond acceptors (Lipinski definition) is 2. The molecular weight excluding hydrogens is 301 g/mol. The molecule has 0 atom stereocenters. The van der Waals surface area contributed by atoms with Crippen LogP contribution in [0.1, 0.15) is 53.4 Å². The van der Waals surface area contributed by atoms with Crippen molar-refractivity contribution in [2.45, 2.75) is 53.4 Å². The molecule has 0 radical (unpaired) electrons. The van der Waals surface area contributed by atoms with Crippen molar-refractivity contribution in [2.75, 3.05) is 6.54 Å². The van der Waals surface area contributed by atoms with Crippen LogP contribution >= 0.6 is 7.60 Å². The molecule has 0 bridgehead atoms. The van der Waals surface area contributed by atoms with E-state index in [4.69, 9.17) is 0 Å². The molecule has 0 aromatic carbocycles. The predicted octanol–water partition coefficient (Wildman–Crippen LogP) is 3.66. The van der Waals surface area contributed by atoms with E-state index in [9.17, 15) is 19.1 Å². The van der Waals surface area contributed by atoms with Crippen molar-refractivity contribution in [2.24, 2.45) is 0 Å². The fourth-order valence-electron chi connectivity index (χ4n) is 2.01. The third-order valence-electron chi connectivity index (χ3n) is 3.30. The Bertz CT molecular complexity index is 496. The molecule has 0 fully saturated rings. The van der Waals surface area contributed by atoms with Gasteiger partial charge in [0.25, 0.3) is 0 Å². The molecule has 0 spiro atoms. The molecular formula is C16H28NO4P. The van der Waals surface area contributed by atoms with Gasteiger partial charge in [-0.15, -0.1) is 0 Å². The Morgan fingerprint density at radius 2 is 1.64 bits per heavy atom. The summed E-state index contributed by atoms with van der Waals surface area (Å²) in [4.78, 5) is 29.0. The second-order valence-electron chi connectivity index (χ2n) is 5.68. The average molecular weight is 329 g/mol. The quantitative estimate of drug-likeness (QED) is 0.324. The van der Waals surface area contributed by atoms with Crippen molar-refractivity contribution in [3.63, 3.8) is 0 Å². The van der Waals surface area contributed by atoms with Crippen LogP contribution in [-0.2, 0) is 9.36 Å². The van der Waals surface area contributed by atoms with Gasteiger partial charge < -0.3 is 15.1 Å². The summed E-state index contributed by atoms with van der Waals surface area (Å²) in [6.07, 6.45) is 8.04. The van der Waals surface area contributed by atoms with E-state index >= 15 is 0 Å². The highest BCUT2D eigenvalue weighted by Gasteiger charge is 2.22. The van der Waals surface area contributed by atoms with Gasteiger partial charge in [0.15, 0.2) is 0 Å². The first kappa shape index (κ1) is 20.8. The highest BCUT2D eigenvalue weighted by Crippen LogP contribution is 2.46. The van der Waals surface area contributed by atoms with Crippen molar-refractivity contribution in [1.82, 2.24) is 5.32 Å². The van der Waals surface area contributed by atoms with E-state index < -0.39 is 7.60 Å². The number of carbonyl (C=O) groups is 1. The monoisotopic (exact) mass is 329 g/mol. The lowest BCUT2D eigenvalue weighted by Crippen LogP contribution is -2.15. The predicted molar refractivity (Wildman–Crippen MR) is 90.5 cm³/mol. The normalized spacial score (nSPS) is 13.5. The van der Waals surface area contributed by atoms with Crippen molar-refractivity contribution >= 4 is 14.0 Å². The SMILES string of the molecule is CC(C)=CCC/C(C)=C/CC/C(C)=C(\CNC=O)P(=O)(O)O. The second kappa shape index (κ2) is 10.5. The Kier molecular flexibility index (Phi) is 9.99. The van der Waals surface area contributed by atoms with Gasteiger partial charge in [-0.2, -0.15) is 0 Å². The summed E-state index contributed by atoms with van der Waals surface area (Å²) in [5.74, 6) is 0. The van der Waals surface area contributed by atoms with Crippen LogP contribution in [0.15, 0.2) is 34.2 Å².